The zero-order valence-corrected chi connectivity index (χ0v) is 14.9. The minimum absolute atomic E-state index is 0.0181. The lowest BCUT2D eigenvalue weighted by Crippen LogP contribution is -2.25. The number of nitrogens with one attached hydrogen (secondary N) is 2. The molecule has 0 unspecified atom stereocenters. The number of hydrogen-bond acceptors (Lipinski definition) is 6. The summed E-state index contributed by atoms with van der Waals surface area (Å²) in [5, 5.41) is 7.80. The van der Waals surface area contributed by atoms with E-state index in [-0.39, 0.29) is 25.0 Å². The molecule has 2 amide bonds. The summed E-state index contributed by atoms with van der Waals surface area (Å²) in [7, 11) is 0. The molecule has 7 nitrogen and oxygen atoms in total. The topological polar surface area (TPSA) is 89.5 Å². The van der Waals surface area contributed by atoms with E-state index in [1.165, 1.54) is 11.3 Å². The van der Waals surface area contributed by atoms with E-state index in [9.17, 15) is 9.59 Å². The van der Waals surface area contributed by atoms with Crippen molar-refractivity contribution in [2.75, 3.05) is 23.8 Å². The zero-order chi connectivity index (χ0) is 18.6. The molecular formula is C19H15N3O4S. The number of ether oxygens (including phenoxy) is 2. The quantitative estimate of drug-likeness (QED) is 0.709. The molecule has 0 bridgehead atoms. The molecule has 2 N–H and O–H groups in total. The normalized spacial score (nSPS) is 12.5. The van der Waals surface area contributed by atoms with E-state index in [1.807, 2.05) is 29.6 Å². The Morgan fingerprint density at radius 2 is 2.11 bits per heavy atom. The van der Waals surface area contributed by atoms with Crippen LogP contribution in [0.25, 0.3) is 11.3 Å². The van der Waals surface area contributed by atoms with E-state index in [1.54, 1.807) is 24.3 Å². The number of fused-ring (bicyclic) bond motifs is 1. The number of hydrogen-bond donors (Lipinski definition) is 2. The highest BCUT2D eigenvalue weighted by Gasteiger charge is 2.17. The van der Waals surface area contributed by atoms with Gasteiger partial charge in [-0.25, -0.2) is 4.98 Å². The van der Waals surface area contributed by atoms with Gasteiger partial charge in [0.15, 0.2) is 18.3 Å². The third-order valence-electron chi connectivity index (χ3n) is 3.77. The summed E-state index contributed by atoms with van der Waals surface area (Å²) in [6.07, 6.45) is 0. The van der Waals surface area contributed by atoms with Crippen LogP contribution in [0.3, 0.4) is 0 Å². The monoisotopic (exact) mass is 381 g/mol. The third-order valence-corrected chi connectivity index (χ3v) is 4.53. The van der Waals surface area contributed by atoms with Crippen LogP contribution in [0, 0.1) is 0 Å². The number of benzene rings is 2. The number of para-hydroxylation sites is 1. The third kappa shape index (κ3) is 4.06. The maximum Gasteiger partial charge on any atom is 0.264 e. The van der Waals surface area contributed by atoms with Gasteiger partial charge in [0.05, 0.1) is 11.4 Å². The van der Waals surface area contributed by atoms with Crippen LogP contribution in [-0.2, 0) is 9.59 Å². The highest BCUT2D eigenvalue weighted by Crippen LogP contribution is 2.33. The van der Waals surface area contributed by atoms with Crippen LogP contribution >= 0.6 is 11.3 Å². The first kappa shape index (κ1) is 17.0. The van der Waals surface area contributed by atoms with Crippen LogP contribution in [0.2, 0.25) is 0 Å². The van der Waals surface area contributed by atoms with Crippen molar-refractivity contribution in [3.05, 3.63) is 53.9 Å². The van der Waals surface area contributed by atoms with Crippen LogP contribution in [-0.4, -0.2) is 30.0 Å². The van der Waals surface area contributed by atoms with Gasteiger partial charge in [-0.05, 0) is 30.3 Å². The Kier molecular flexibility index (Phi) is 4.71. The van der Waals surface area contributed by atoms with Crippen molar-refractivity contribution in [2.24, 2.45) is 0 Å². The van der Waals surface area contributed by atoms with Gasteiger partial charge in [-0.1, -0.05) is 18.2 Å². The second-order valence-corrected chi connectivity index (χ2v) is 6.59. The molecule has 0 atom stereocenters. The molecule has 0 saturated carbocycles. The molecule has 0 fully saturated rings. The van der Waals surface area contributed by atoms with Crippen LogP contribution < -0.4 is 20.1 Å². The Balaban J connectivity index is 1.40. The Labute approximate surface area is 159 Å². The van der Waals surface area contributed by atoms with Crippen molar-refractivity contribution in [3.63, 3.8) is 0 Å². The minimum atomic E-state index is -0.286. The van der Waals surface area contributed by atoms with Gasteiger partial charge in [0, 0.05) is 10.9 Å². The van der Waals surface area contributed by atoms with Crippen LogP contribution in [0.15, 0.2) is 53.9 Å². The van der Waals surface area contributed by atoms with Gasteiger partial charge in [0.2, 0.25) is 0 Å². The number of carbonyl (C=O) groups is 2. The summed E-state index contributed by atoms with van der Waals surface area (Å²) in [5.74, 6) is 0.779. The summed E-state index contributed by atoms with van der Waals surface area (Å²) in [6, 6.07) is 14.6. The second kappa shape index (κ2) is 7.46. The average molecular weight is 381 g/mol. The fraction of sp³-hybridized carbons (Fsp3) is 0.105. The zero-order valence-electron chi connectivity index (χ0n) is 14.1. The number of rotatable bonds is 5. The van der Waals surface area contributed by atoms with E-state index >= 15 is 0 Å². The average Bonchev–Trinajstić information content (AvgIpc) is 3.15. The standard InChI is InChI=1S/C19H15N3O4S/c23-17-10-26-16-7-6-12(8-14(16)20-17)15-11-27-19(21-15)22-18(24)9-25-13-4-2-1-3-5-13/h1-8,11H,9-10H2,(H,20,23)(H,21,22,24). The molecule has 1 aromatic heterocycles. The molecule has 27 heavy (non-hydrogen) atoms. The van der Waals surface area contributed by atoms with Gasteiger partial charge in [-0.15, -0.1) is 11.3 Å². The number of aromatic nitrogens is 1. The number of amides is 2. The van der Waals surface area contributed by atoms with Gasteiger partial charge >= 0.3 is 0 Å². The first-order valence-electron chi connectivity index (χ1n) is 8.18. The highest BCUT2D eigenvalue weighted by atomic mass is 32.1. The molecule has 0 saturated heterocycles. The molecule has 2 heterocycles. The summed E-state index contributed by atoms with van der Waals surface area (Å²) in [6.45, 7) is -0.0780. The maximum absolute atomic E-state index is 12.0. The second-order valence-electron chi connectivity index (χ2n) is 5.74. The van der Waals surface area contributed by atoms with Crippen molar-refractivity contribution in [1.29, 1.82) is 0 Å². The highest BCUT2D eigenvalue weighted by molar-refractivity contribution is 7.14. The first-order chi connectivity index (χ1) is 13.2. The van der Waals surface area contributed by atoms with Gasteiger partial charge in [-0.2, -0.15) is 0 Å². The summed E-state index contributed by atoms with van der Waals surface area (Å²) in [4.78, 5) is 27.9. The van der Waals surface area contributed by atoms with Crippen molar-refractivity contribution < 1.29 is 19.1 Å². The number of thiazole rings is 1. The smallest absolute Gasteiger partial charge is 0.264 e. The summed E-state index contributed by atoms with van der Waals surface area (Å²) < 4.78 is 10.8. The number of carbonyl (C=O) groups excluding carboxylic acids is 2. The van der Waals surface area contributed by atoms with Crippen molar-refractivity contribution in [3.8, 4) is 22.8 Å². The van der Waals surface area contributed by atoms with Crippen molar-refractivity contribution in [2.45, 2.75) is 0 Å². The molecule has 0 spiro atoms. The fourth-order valence-corrected chi connectivity index (χ4v) is 3.26. The Morgan fingerprint density at radius 3 is 2.96 bits per heavy atom. The Morgan fingerprint density at radius 1 is 1.26 bits per heavy atom. The van der Waals surface area contributed by atoms with Crippen LogP contribution in [0.5, 0.6) is 11.5 Å². The van der Waals surface area contributed by atoms with Gasteiger partial charge in [-0.3, -0.25) is 14.9 Å². The van der Waals surface area contributed by atoms with Gasteiger partial charge < -0.3 is 14.8 Å². The summed E-state index contributed by atoms with van der Waals surface area (Å²) >= 11 is 1.32. The lowest BCUT2D eigenvalue weighted by molar-refractivity contribution is -0.119. The van der Waals surface area contributed by atoms with E-state index in [0.717, 1.165) is 5.56 Å². The molecule has 0 aliphatic carbocycles. The molecular weight excluding hydrogens is 366 g/mol. The Bertz CT molecular complexity index is 988. The fourth-order valence-electron chi connectivity index (χ4n) is 2.53. The van der Waals surface area contributed by atoms with Gasteiger partial charge in [0.1, 0.15) is 11.5 Å². The predicted molar refractivity (Wildman–Crippen MR) is 102 cm³/mol. The van der Waals surface area contributed by atoms with E-state index in [0.29, 0.717) is 28.0 Å². The minimum Gasteiger partial charge on any atom is -0.484 e. The molecule has 1 aliphatic rings. The first-order valence-corrected chi connectivity index (χ1v) is 9.06. The molecule has 0 radical (unpaired) electrons. The van der Waals surface area contributed by atoms with E-state index < -0.39 is 0 Å². The predicted octanol–water partition coefficient (Wildman–Crippen LogP) is 3.16. The molecule has 3 aromatic rings. The van der Waals surface area contributed by atoms with Crippen molar-refractivity contribution >= 4 is 34.0 Å². The molecule has 1 aliphatic heterocycles. The van der Waals surface area contributed by atoms with Crippen molar-refractivity contribution in [1.82, 2.24) is 4.98 Å². The number of anilines is 2. The van der Waals surface area contributed by atoms with Gasteiger partial charge in [0.25, 0.3) is 11.8 Å². The lowest BCUT2D eigenvalue weighted by Gasteiger charge is -2.18. The lowest BCUT2D eigenvalue weighted by atomic mass is 10.1. The number of nitrogens with zero attached hydrogens (tertiary/aromatic N) is 1. The molecule has 4 rings (SSSR count). The van der Waals surface area contributed by atoms with E-state index in [2.05, 4.69) is 15.6 Å². The Hall–Kier alpha value is -3.39. The maximum atomic E-state index is 12.0. The SMILES string of the molecule is O=C(COc1ccccc1)Nc1nc(-c2ccc3c(c2)NC(=O)CO3)cs1. The van der Waals surface area contributed by atoms with Crippen LogP contribution in [0.4, 0.5) is 10.8 Å². The molecule has 2 aromatic carbocycles. The summed E-state index contributed by atoms with van der Waals surface area (Å²) in [5.41, 5.74) is 2.12. The largest absolute Gasteiger partial charge is 0.484 e. The van der Waals surface area contributed by atoms with Crippen LogP contribution in [0.1, 0.15) is 0 Å². The van der Waals surface area contributed by atoms with E-state index in [4.69, 9.17) is 9.47 Å². The molecule has 8 heteroatoms. The molecule has 136 valence electrons.